The Kier molecular flexibility index (Phi) is 5.55. The highest BCUT2D eigenvalue weighted by molar-refractivity contribution is 5.81. The highest BCUT2D eigenvalue weighted by atomic mass is 19.3. The zero-order valence-corrected chi connectivity index (χ0v) is 20.8. The number of ether oxygens (including phenoxy) is 1. The first-order valence-electron chi connectivity index (χ1n) is 12.6. The number of rotatable bonds is 5. The topological polar surface area (TPSA) is 88.3 Å². The Balaban J connectivity index is 1.20. The molecule has 2 aliphatic heterocycles. The molecule has 1 unspecified atom stereocenters. The molecule has 4 heterocycles. The fourth-order valence-corrected chi connectivity index (χ4v) is 5.81. The summed E-state index contributed by atoms with van der Waals surface area (Å²) in [6.45, 7) is 8.81. The first-order valence-corrected chi connectivity index (χ1v) is 12.6. The number of aliphatic hydroxyl groups is 1. The number of aliphatic hydroxyl groups excluding tert-OH is 1. The number of benzene rings is 1. The van der Waals surface area contributed by atoms with Gasteiger partial charge in [0.15, 0.2) is 0 Å². The predicted molar refractivity (Wildman–Crippen MR) is 132 cm³/mol. The molecule has 2 aromatic heterocycles. The van der Waals surface area contributed by atoms with Crippen molar-refractivity contribution in [2.75, 3.05) is 31.6 Å². The number of anilines is 2. The van der Waals surface area contributed by atoms with Crippen LogP contribution in [0, 0.1) is 13.8 Å². The van der Waals surface area contributed by atoms with Gasteiger partial charge in [0.25, 0.3) is 5.92 Å². The van der Waals surface area contributed by atoms with Crippen molar-refractivity contribution < 1.29 is 18.6 Å². The third-order valence-electron chi connectivity index (χ3n) is 8.39. The summed E-state index contributed by atoms with van der Waals surface area (Å²) < 4.78 is 33.9. The van der Waals surface area contributed by atoms with E-state index in [0.29, 0.717) is 36.5 Å². The van der Waals surface area contributed by atoms with Gasteiger partial charge in [-0.3, -0.25) is 9.58 Å². The zero-order valence-electron chi connectivity index (χ0n) is 20.8. The second kappa shape index (κ2) is 8.43. The lowest BCUT2D eigenvalue weighted by atomic mass is 9.84. The molecule has 2 saturated heterocycles. The van der Waals surface area contributed by atoms with E-state index in [4.69, 9.17) is 9.72 Å². The number of likely N-dealkylation sites (tertiary alicyclic amines) is 1. The summed E-state index contributed by atoms with van der Waals surface area (Å²) in [5.74, 6) is -1.85. The standard InChI is InChI=1S/C26H32F2N6O2/c1-15-8-18-11-29-24(32-21-12-30-34(16(21)2)22-10-26(22,27)28)31-20(18)9-19(15)17-4-6-33(7-5-17)25(3)14-36-13-23(25)35/h8-9,11-12,17,22-23,35H,4-7,10,13-14H2,1-3H3,(H,29,31,32)/t22?,23-,25+/m0/s1. The SMILES string of the molecule is Cc1cc2cnc(Nc3cnn(C4CC4(F)F)c3C)nc2cc1C1CCN([C@]2(C)COC[C@@H]2O)CC1. The summed E-state index contributed by atoms with van der Waals surface area (Å²) >= 11 is 0. The van der Waals surface area contributed by atoms with Gasteiger partial charge in [0.2, 0.25) is 5.95 Å². The lowest BCUT2D eigenvalue weighted by molar-refractivity contribution is -0.00214. The quantitative estimate of drug-likeness (QED) is 0.548. The van der Waals surface area contributed by atoms with Gasteiger partial charge in [-0.2, -0.15) is 5.10 Å². The molecule has 0 spiro atoms. The van der Waals surface area contributed by atoms with Crippen LogP contribution in [0.3, 0.4) is 0 Å². The van der Waals surface area contributed by atoms with Crippen molar-refractivity contribution >= 4 is 22.5 Å². The maximum atomic E-state index is 13.5. The molecule has 1 saturated carbocycles. The van der Waals surface area contributed by atoms with Crippen molar-refractivity contribution in [2.45, 2.75) is 69.6 Å². The van der Waals surface area contributed by atoms with E-state index in [1.54, 1.807) is 19.3 Å². The molecule has 36 heavy (non-hydrogen) atoms. The third kappa shape index (κ3) is 3.95. The fraction of sp³-hybridized carbons (Fsp3) is 0.577. The van der Waals surface area contributed by atoms with E-state index in [9.17, 15) is 13.9 Å². The van der Waals surface area contributed by atoms with Crippen LogP contribution in [0.5, 0.6) is 0 Å². The molecule has 3 fully saturated rings. The zero-order chi connectivity index (χ0) is 25.2. The normalized spacial score (nSPS) is 28.6. The molecule has 2 N–H and O–H groups in total. The average Bonchev–Trinajstić information content (AvgIpc) is 3.13. The van der Waals surface area contributed by atoms with Crippen molar-refractivity contribution in [3.63, 3.8) is 0 Å². The molecule has 192 valence electrons. The maximum Gasteiger partial charge on any atom is 0.272 e. The van der Waals surface area contributed by atoms with E-state index >= 15 is 0 Å². The second-order valence-electron chi connectivity index (χ2n) is 10.8. The van der Waals surface area contributed by atoms with Crippen molar-refractivity contribution in [3.05, 3.63) is 41.3 Å². The molecule has 8 nitrogen and oxygen atoms in total. The highest BCUT2D eigenvalue weighted by Crippen LogP contribution is 2.53. The minimum atomic E-state index is -2.68. The molecule has 1 aliphatic carbocycles. The molecule has 3 aromatic rings. The minimum Gasteiger partial charge on any atom is -0.389 e. The Morgan fingerprint density at radius 2 is 1.92 bits per heavy atom. The summed E-state index contributed by atoms with van der Waals surface area (Å²) in [6, 6.07) is 3.43. The first-order chi connectivity index (χ1) is 17.2. The van der Waals surface area contributed by atoms with E-state index in [2.05, 4.69) is 46.3 Å². The number of fused-ring (bicyclic) bond motifs is 1. The van der Waals surface area contributed by atoms with Crippen LogP contribution in [-0.4, -0.2) is 73.6 Å². The second-order valence-corrected chi connectivity index (χ2v) is 10.8. The molecule has 1 aromatic carbocycles. The minimum absolute atomic E-state index is 0.171. The van der Waals surface area contributed by atoms with Crippen molar-refractivity contribution in [1.82, 2.24) is 24.6 Å². The molecule has 10 heteroatoms. The van der Waals surface area contributed by atoms with Crippen LogP contribution >= 0.6 is 0 Å². The van der Waals surface area contributed by atoms with Gasteiger partial charge in [-0.15, -0.1) is 0 Å². The Morgan fingerprint density at radius 3 is 2.58 bits per heavy atom. The summed E-state index contributed by atoms with van der Waals surface area (Å²) in [4.78, 5) is 11.6. The monoisotopic (exact) mass is 498 g/mol. The number of aromatic nitrogens is 4. The first kappa shape index (κ1) is 23.7. The average molecular weight is 499 g/mol. The van der Waals surface area contributed by atoms with E-state index in [1.807, 2.05) is 0 Å². The molecule has 3 atom stereocenters. The van der Waals surface area contributed by atoms with Crippen LogP contribution in [0.1, 0.15) is 55.0 Å². The number of nitrogens with zero attached hydrogens (tertiary/aromatic N) is 5. The van der Waals surface area contributed by atoms with E-state index in [-0.39, 0.29) is 12.0 Å². The molecular formula is C26H32F2N6O2. The summed E-state index contributed by atoms with van der Waals surface area (Å²) in [5, 5.41) is 18.7. The molecule has 6 rings (SSSR count). The van der Waals surface area contributed by atoms with Crippen LogP contribution < -0.4 is 5.32 Å². The smallest absolute Gasteiger partial charge is 0.272 e. The summed E-state index contributed by atoms with van der Waals surface area (Å²) in [5.41, 5.74) is 4.33. The van der Waals surface area contributed by atoms with Gasteiger partial charge in [0, 0.05) is 18.0 Å². The van der Waals surface area contributed by atoms with E-state index < -0.39 is 18.1 Å². The number of aryl methyl sites for hydroxylation is 1. The van der Waals surface area contributed by atoms with Crippen molar-refractivity contribution in [1.29, 1.82) is 0 Å². The number of alkyl halides is 2. The highest BCUT2D eigenvalue weighted by Gasteiger charge is 2.59. The number of piperidine rings is 1. The van der Waals surface area contributed by atoms with Gasteiger partial charge in [0.05, 0.1) is 48.0 Å². The van der Waals surface area contributed by atoms with Gasteiger partial charge >= 0.3 is 0 Å². The van der Waals surface area contributed by atoms with Crippen molar-refractivity contribution in [3.8, 4) is 0 Å². The van der Waals surface area contributed by atoms with Gasteiger partial charge in [0.1, 0.15) is 6.04 Å². The Labute approximate surface area is 208 Å². The summed E-state index contributed by atoms with van der Waals surface area (Å²) in [7, 11) is 0. The Morgan fingerprint density at radius 1 is 1.17 bits per heavy atom. The lowest BCUT2D eigenvalue weighted by Gasteiger charge is -2.43. The third-order valence-corrected chi connectivity index (χ3v) is 8.39. The molecule has 3 aliphatic rings. The van der Waals surface area contributed by atoms with Crippen LogP contribution in [0.25, 0.3) is 10.9 Å². The Bertz CT molecular complexity index is 1310. The molecule has 0 bridgehead atoms. The molecule has 0 radical (unpaired) electrons. The van der Waals surface area contributed by atoms with Crippen molar-refractivity contribution in [2.24, 2.45) is 0 Å². The summed E-state index contributed by atoms with van der Waals surface area (Å²) in [6.07, 6.45) is 4.75. The number of nitrogens with one attached hydrogen (secondary N) is 1. The van der Waals surface area contributed by atoms with E-state index in [0.717, 1.165) is 36.8 Å². The van der Waals surface area contributed by atoms with Gasteiger partial charge < -0.3 is 15.2 Å². The van der Waals surface area contributed by atoms with Crippen LogP contribution in [0.15, 0.2) is 24.5 Å². The largest absolute Gasteiger partial charge is 0.389 e. The predicted octanol–water partition coefficient (Wildman–Crippen LogP) is 4.10. The van der Waals surface area contributed by atoms with Crippen LogP contribution in [0.4, 0.5) is 20.4 Å². The number of hydrogen-bond acceptors (Lipinski definition) is 7. The molecular weight excluding hydrogens is 466 g/mol. The lowest BCUT2D eigenvalue weighted by Crippen LogP contribution is -2.56. The molecule has 0 amide bonds. The van der Waals surface area contributed by atoms with Crippen LogP contribution in [0.2, 0.25) is 0 Å². The Hall–Kier alpha value is -2.69. The van der Waals surface area contributed by atoms with E-state index in [1.165, 1.54) is 15.8 Å². The fourth-order valence-electron chi connectivity index (χ4n) is 5.81. The van der Waals surface area contributed by atoms with Crippen LogP contribution in [-0.2, 0) is 4.74 Å². The number of halogens is 2. The number of hydrogen-bond donors (Lipinski definition) is 2. The van der Waals surface area contributed by atoms with Gasteiger partial charge in [-0.1, -0.05) is 0 Å². The van der Waals surface area contributed by atoms with Gasteiger partial charge in [-0.05, 0) is 75.9 Å². The maximum absolute atomic E-state index is 13.5. The van der Waals surface area contributed by atoms with Gasteiger partial charge in [-0.25, -0.2) is 18.7 Å².